The highest BCUT2D eigenvalue weighted by atomic mass is 16.6. The van der Waals surface area contributed by atoms with Crippen molar-refractivity contribution in [1.82, 2.24) is 0 Å². The average molecular weight is 244 g/mol. The van der Waals surface area contributed by atoms with Gasteiger partial charge in [0.1, 0.15) is 0 Å². The second kappa shape index (κ2) is 2.79. The Morgan fingerprint density at radius 1 is 1.11 bits per heavy atom. The van der Waals surface area contributed by atoms with Crippen LogP contribution < -0.4 is 0 Å². The Labute approximate surface area is 106 Å². The van der Waals surface area contributed by atoms with Crippen LogP contribution in [0.4, 0.5) is 0 Å². The van der Waals surface area contributed by atoms with Crippen molar-refractivity contribution in [3.63, 3.8) is 0 Å². The van der Waals surface area contributed by atoms with E-state index in [1.54, 1.807) is 0 Å². The number of fused-ring (bicyclic) bond motifs is 2. The highest BCUT2D eigenvalue weighted by Crippen LogP contribution is 2.76. The van der Waals surface area contributed by atoms with Crippen molar-refractivity contribution in [1.29, 1.82) is 0 Å². The summed E-state index contributed by atoms with van der Waals surface area (Å²) in [5.74, 6) is -0.316. The summed E-state index contributed by atoms with van der Waals surface area (Å²) < 4.78 is 5.05. The van der Waals surface area contributed by atoms with Gasteiger partial charge in [-0.25, -0.2) is 0 Å². The number of hydrogen-bond donors (Lipinski definition) is 0. The zero-order chi connectivity index (χ0) is 12.7. The van der Waals surface area contributed by atoms with E-state index in [1.807, 2.05) is 0 Å². The summed E-state index contributed by atoms with van der Waals surface area (Å²) in [4.78, 5) is 24.6. The number of allylic oxidation sites excluding steroid dienone is 4. The molecule has 1 heterocycles. The lowest BCUT2D eigenvalue weighted by Gasteiger charge is -2.34. The van der Waals surface area contributed by atoms with Gasteiger partial charge in [-0.1, -0.05) is 29.7 Å². The van der Waals surface area contributed by atoms with Gasteiger partial charge in [-0.2, -0.15) is 0 Å². The maximum absolute atomic E-state index is 12.3. The van der Waals surface area contributed by atoms with Crippen molar-refractivity contribution < 1.29 is 14.3 Å². The number of ether oxygens (including phenoxy) is 1. The molecule has 3 fully saturated rings. The third kappa shape index (κ3) is 0.738. The zero-order valence-corrected chi connectivity index (χ0v) is 10.7. The minimum atomic E-state index is -0.559. The van der Waals surface area contributed by atoms with Crippen molar-refractivity contribution in [2.45, 2.75) is 33.1 Å². The van der Waals surface area contributed by atoms with Crippen LogP contribution in [0.15, 0.2) is 23.3 Å². The lowest BCUT2D eigenvalue weighted by Crippen LogP contribution is -2.43. The Morgan fingerprint density at radius 2 is 1.61 bits per heavy atom. The van der Waals surface area contributed by atoms with Gasteiger partial charge in [0, 0.05) is 11.8 Å². The largest absolute Gasteiger partial charge is 0.392 e. The first kappa shape index (κ1) is 10.5. The molecule has 0 spiro atoms. The lowest BCUT2D eigenvalue weighted by molar-refractivity contribution is -0.157. The first-order valence-corrected chi connectivity index (χ1v) is 6.68. The molecule has 4 rings (SSSR count). The third-order valence-electron chi connectivity index (χ3n) is 5.66. The number of esters is 2. The summed E-state index contributed by atoms with van der Waals surface area (Å²) in [6.45, 7) is 4.17. The van der Waals surface area contributed by atoms with Crippen LogP contribution in [-0.2, 0) is 14.3 Å². The van der Waals surface area contributed by atoms with Gasteiger partial charge in [0.25, 0.3) is 0 Å². The lowest BCUT2D eigenvalue weighted by atomic mass is 9.61. The molecule has 3 aliphatic carbocycles. The normalized spacial score (nSPS) is 47.6. The monoisotopic (exact) mass is 244 g/mol. The summed E-state index contributed by atoms with van der Waals surface area (Å²) in [5.41, 5.74) is 1.44. The van der Waals surface area contributed by atoms with E-state index < -0.39 is 10.8 Å². The van der Waals surface area contributed by atoms with Crippen molar-refractivity contribution in [2.24, 2.45) is 22.7 Å². The molecular weight excluding hydrogens is 228 g/mol. The minimum Gasteiger partial charge on any atom is -0.392 e. The highest BCUT2D eigenvalue weighted by molar-refractivity contribution is 6.05. The van der Waals surface area contributed by atoms with Crippen LogP contribution in [0.3, 0.4) is 0 Å². The van der Waals surface area contributed by atoms with Crippen LogP contribution in [0.1, 0.15) is 33.1 Å². The Kier molecular flexibility index (Phi) is 1.63. The average Bonchev–Trinajstić information content (AvgIpc) is 2.99. The molecule has 1 saturated heterocycles. The minimum absolute atomic E-state index is 0.106. The van der Waals surface area contributed by atoms with E-state index in [0.717, 1.165) is 19.3 Å². The van der Waals surface area contributed by atoms with Crippen molar-refractivity contribution >= 4 is 11.9 Å². The first-order valence-electron chi connectivity index (χ1n) is 6.68. The van der Waals surface area contributed by atoms with E-state index in [9.17, 15) is 9.59 Å². The van der Waals surface area contributed by atoms with E-state index in [1.165, 1.54) is 11.1 Å². The van der Waals surface area contributed by atoms with Crippen molar-refractivity contribution in [3.8, 4) is 0 Å². The van der Waals surface area contributed by atoms with E-state index in [-0.39, 0.29) is 23.8 Å². The van der Waals surface area contributed by atoms with Crippen molar-refractivity contribution in [3.05, 3.63) is 23.3 Å². The van der Waals surface area contributed by atoms with Crippen LogP contribution in [0.2, 0.25) is 0 Å². The van der Waals surface area contributed by atoms with Gasteiger partial charge in [-0.05, 0) is 26.7 Å². The summed E-state index contributed by atoms with van der Waals surface area (Å²) >= 11 is 0. The fourth-order valence-corrected chi connectivity index (χ4v) is 5.15. The molecular formula is C15H16O3. The Hall–Kier alpha value is -1.38. The molecule has 0 aromatic rings. The molecule has 0 unspecified atom stereocenters. The van der Waals surface area contributed by atoms with Crippen LogP contribution in [0.5, 0.6) is 0 Å². The molecule has 0 amide bonds. The Bertz CT molecular complexity index is 512. The molecule has 2 saturated carbocycles. The molecule has 0 aromatic carbocycles. The second-order valence-corrected chi connectivity index (χ2v) is 6.27. The van der Waals surface area contributed by atoms with Gasteiger partial charge >= 0.3 is 11.9 Å². The van der Waals surface area contributed by atoms with Gasteiger partial charge < -0.3 is 4.74 Å². The standard InChI is InChI=1S/C15H16O3/c1-8(2)11-9-4-5-10(11)15-7-3-6-14(9,15)12(16)18-13(15)17/h4-5,9-10H,3,6-7H2,1-2H3/t9-,10+,14-,15+. The molecule has 0 radical (unpaired) electrons. The molecule has 3 heteroatoms. The maximum atomic E-state index is 12.3. The molecule has 2 bridgehead atoms. The van der Waals surface area contributed by atoms with Crippen molar-refractivity contribution in [2.75, 3.05) is 0 Å². The number of carbonyl (C=O) groups excluding carboxylic acids is 2. The second-order valence-electron chi connectivity index (χ2n) is 6.27. The highest BCUT2D eigenvalue weighted by Gasteiger charge is 2.81. The molecule has 1 aliphatic heterocycles. The van der Waals surface area contributed by atoms with E-state index in [0.29, 0.717) is 0 Å². The van der Waals surface area contributed by atoms with Gasteiger partial charge in [0.05, 0.1) is 10.8 Å². The topological polar surface area (TPSA) is 43.4 Å². The third-order valence-corrected chi connectivity index (χ3v) is 5.66. The Balaban J connectivity index is 2.06. The number of carbonyl (C=O) groups is 2. The van der Waals surface area contributed by atoms with E-state index in [4.69, 9.17) is 4.74 Å². The van der Waals surface area contributed by atoms with Crippen LogP contribution >= 0.6 is 0 Å². The fraction of sp³-hybridized carbons (Fsp3) is 0.600. The summed E-state index contributed by atoms with van der Waals surface area (Å²) in [6, 6.07) is 0. The maximum Gasteiger partial charge on any atom is 0.321 e. The number of rotatable bonds is 0. The molecule has 3 nitrogen and oxygen atoms in total. The van der Waals surface area contributed by atoms with E-state index >= 15 is 0 Å². The fourth-order valence-electron chi connectivity index (χ4n) is 5.15. The summed E-state index contributed by atoms with van der Waals surface area (Å²) in [7, 11) is 0. The van der Waals surface area contributed by atoms with Gasteiger partial charge in [-0.3, -0.25) is 9.59 Å². The van der Waals surface area contributed by atoms with Crippen LogP contribution in [-0.4, -0.2) is 11.9 Å². The van der Waals surface area contributed by atoms with E-state index in [2.05, 4.69) is 26.0 Å². The molecule has 4 atom stereocenters. The van der Waals surface area contributed by atoms with Gasteiger partial charge in [0.2, 0.25) is 0 Å². The van der Waals surface area contributed by atoms with Gasteiger partial charge in [-0.15, -0.1) is 0 Å². The molecule has 94 valence electrons. The smallest absolute Gasteiger partial charge is 0.321 e. The molecule has 18 heavy (non-hydrogen) atoms. The Morgan fingerprint density at radius 3 is 2.06 bits per heavy atom. The summed E-state index contributed by atoms with van der Waals surface area (Å²) in [6.07, 6.45) is 6.85. The predicted molar refractivity (Wildman–Crippen MR) is 64.3 cm³/mol. The first-order chi connectivity index (χ1) is 8.55. The number of hydrogen-bond acceptors (Lipinski definition) is 3. The molecule has 0 N–H and O–H groups in total. The molecule has 4 aliphatic rings. The van der Waals surface area contributed by atoms with Crippen LogP contribution in [0.25, 0.3) is 0 Å². The number of cyclic esters (lactones) is 2. The quantitative estimate of drug-likeness (QED) is 0.373. The van der Waals surface area contributed by atoms with Crippen LogP contribution in [0, 0.1) is 22.7 Å². The zero-order valence-electron chi connectivity index (χ0n) is 10.7. The summed E-state index contributed by atoms with van der Waals surface area (Å²) in [5, 5.41) is 0. The SMILES string of the molecule is CC(C)=C1[C@H]2C=C[C@@H]1[C@]13CCC[C@]21C(=O)OC3=O. The molecule has 0 aromatic heterocycles. The predicted octanol–water partition coefficient (Wildman–Crippen LogP) is 2.38. The van der Waals surface area contributed by atoms with Gasteiger partial charge in [0.15, 0.2) is 0 Å².